The van der Waals surface area contributed by atoms with Crippen LogP contribution in [0.1, 0.15) is 38.5 Å². The lowest BCUT2D eigenvalue weighted by Crippen LogP contribution is -2.31. The number of carbonyl (C=O) groups is 2. The third-order valence-electron chi connectivity index (χ3n) is 3.78. The monoisotopic (exact) mass is 376 g/mol. The summed E-state index contributed by atoms with van der Waals surface area (Å²) in [6.45, 7) is 0. The van der Waals surface area contributed by atoms with Crippen LogP contribution >= 0.6 is 0 Å². The molecule has 1 saturated carbocycles. The molecule has 1 heterocycles. The maximum Gasteiger partial charge on any atom is 0.485 e. The molecule has 5 nitrogen and oxygen atoms in total. The lowest BCUT2D eigenvalue weighted by atomic mass is 10.0. The fourth-order valence-electron chi connectivity index (χ4n) is 2.45. The molecule has 134 valence electrons. The van der Waals surface area contributed by atoms with Crippen LogP contribution in [0.5, 0.6) is 0 Å². The Labute approximate surface area is 136 Å². The average molecular weight is 376 g/mol. The van der Waals surface area contributed by atoms with Gasteiger partial charge in [0, 0.05) is 5.92 Å². The van der Waals surface area contributed by atoms with Gasteiger partial charge in [0.1, 0.15) is 17.3 Å². The van der Waals surface area contributed by atoms with Crippen LogP contribution in [0.2, 0.25) is 0 Å². The fourth-order valence-corrected chi connectivity index (χ4v) is 4.62. The Balaban J connectivity index is 0.000000284. The highest BCUT2D eigenvalue weighted by atomic mass is 32.2. The van der Waals surface area contributed by atoms with Crippen molar-refractivity contribution in [1.82, 2.24) is 0 Å². The van der Waals surface area contributed by atoms with Crippen LogP contribution in [0, 0.1) is 5.92 Å². The summed E-state index contributed by atoms with van der Waals surface area (Å²) in [5.41, 5.74) is -5.65. The van der Waals surface area contributed by atoms with E-state index in [1.165, 1.54) is 12.8 Å². The van der Waals surface area contributed by atoms with Crippen molar-refractivity contribution in [2.24, 2.45) is 5.92 Å². The van der Waals surface area contributed by atoms with E-state index in [9.17, 15) is 22.8 Å². The van der Waals surface area contributed by atoms with Gasteiger partial charge in [0.15, 0.2) is 21.7 Å². The second-order valence-electron chi connectivity index (χ2n) is 5.55. The average Bonchev–Trinajstić information content (AvgIpc) is 2.94. The molecule has 0 radical (unpaired) electrons. The minimum atomic E-state index is -6.09. The van der Waals surface area contributed by atoms with Crippen LogP contribution < -0.4 is 0 Å². The molecule has 0 atom stereocenters. The maximum atomic E-state index is 11.9. The quantitative estimate of drug-likeness (QED) is 0.425. The maximum absolute atomic E-state index is 11.9. The highest BCUT2D eigenvalue weighted by Gasteiger charge is 2.37. The normalized spacial score (nSPS) is 21.0. The zero-order chi connectivity index (χ0) is 17.7. The van der Waals surface area contributed by atoms with Gasteiger partial charge >= 0.3 is 5.51 Å². The van der Waals surface area contributed by atoms with Gasteiger partial charge in [-0.15, -0.1) is 0 Å². The van der Waals surface area contributed by atoms with Crippen molar-refractivity contribution in [3.63, 3.8) is 0 Å². The Kier molecular flexibility index (Phi) is 7.53. The Bertz CT molecular complexity index is 514. The van der Waals surface area contributed by atoms with E-state index >= 15 is 0 Å². The van der Waals surface area contributed by atoms with Crippen molar-refractivity contribution >= 4 is 32.6 Å². The van der Waals surface area contributed by atoms with Crippen molar-refractivity contribution in [3.8, 4) is 0 Å². The second kappa shape index (κ2) is 8.48. The topological polar surface area (TPSA) is 91.3 Å². The van der Waals surface area contributed by atoms with Crippen LogP contribution in [0.15, 0.2) is 0 Å². The molecule has 1 aliphatic heterocycles. The summed E-state index contributed by atoms with van der Waals surface area (Å²) in [6.07, 6.45) is 6.16. The van der Waals surface area contributed by atoms with Gasteiger partial charge in [-0.2, -0.15) is 13.2 Å². The van der Waals surface area contributed by atoms with Gasteiger partial charge in [0.25, 0.3) is 0 Å². The number of carbonyl (C=O) groups excluding carboxylic acids is 2. The third kappa shape index (κ3) is 7.21. The molecule has 0 aromatic heterocycles. The molecule has 0 aromatic carbocycles. The summed E-state index contributed by atoms with van der Waals surface area (Å²) in [7, 11) is -5.85. The zero-order valence-electron chi connectivity index (χ0n) is 12.4. The smallest absolute Gasteiger partial charge is 0.485 e. The summed E-state index contributed by atoms with van der Waals surface area (Å²) in [6, 6.07) is 0. The fraction of sp³-hybridized carbons (Fsp3) is 0.846. The molecule has 10 heteroatoms. The first-order valence-electron chi connectivity index (χ1n) is 7.21. The third-order valence-corrected chi connectivity index (χ3v) is 6.60. The molecular formula is C13H19F3O5S2. The summed E-state index contributed by atoms with van der Waals surface area (Å²) < 4.78 is 58.9. The Hall–Kier alpha value is -0.610. The summed E-state index contributed by atoms with van der Waals surface area (Å²) >= 11 is 0. The minimum absolute atomic E-state index is 0.238. The van der Waals surface area contributed by atoms with Gasteiger partial charge in [-0.1, -0.05) is 12.8 Å². The lowest BCUT2D eigenvalue weighted by Gasteiger charge is -2.14. The molecule has 0 bridgehead atoms. The predicted molar refractivity (Wildman–Crippen MR) is 78.9 cm³/mol. The zero-order valence-corrected chi connectivity index (χ0v) is 14.1. The highest BCUT2D eigenvalue weighted by molar-refractivity contribution is 7.97. The van der Waals surface area contributed by atoms with Crippen LogP contribution in [0.25, 0.3) is 0 Å². The van der Waals surface area contributed by atoms with E-state index in [1.54, 1.807) is 0 Å². The number of hydrogen-bond acceptors (Lipinski definition) is 5. The first-order valence-corrected chi connectivity index (χ1v) is 10.4. The minimum Gasteiger partial charge on any atom is -0.741 e. The molecule has 2 rings (SSSR count). The number of Topliss-reactive ketones (excluding diaryl/α,β-unsaturated/α-hetero) is 2. The van der Waals surface area contributed by atoms with Crippen LogP contribution in [-0.4, -0.2) is 47.3 Å². The number of hydrogen-bond donors (Lipinski definition) is 0. The Morgan fingerprint density at radius 3 is 2.00 bits per heavy atom. The van der Waals surface area contributed by atoms with Crippen molar-refractivity contribution in [1.29, 1.82) is 0 Å². The SMILES string of the molecule is O=C1CC[S+](CC(=O)C2CCCC2)CC1.O=S(=O)([O-])C(F)(F)F. The number of ketones is 2. The Morgan fingerprint density at radius 1 is 1.17 bits per heavy atom. The molecule has 0 N–H and O–H groups in total. The Morgan fingerprint density at radius 2 is 1.61 bits per heavy atom. The molecule has 2 aliphatic rings. The van der Waals surface area contributed by atoms with Crippen molar-refractivity contribution in [2.75, 3.05) is 17.3 Å². The number of rotatable bonds is 3. The van der Waals surface area contributed by atoms with Gasteiger partial charge in [-0.25, -0.2) is 8.42 Å². The molecule has 23 heavy (non-hydrogen) atoms. The van der Waals surface area contributed by atoms with Gasteiger partial charge < -0.3 is 4.55 Å². The van der Waals surface area contributed by atoms with Gasteiger partial charge in [0.05, 0.1) is 12.8 Å². The van der Waals surface area contributed by atoms with Crippen molar-refractivity contribution in [3.05, 3.63) is 0 Å². The molecule has 0 aromatic rings. The molecular weight excluding hydrogens is 357 g/mol. The summed E-state index contributed by atoms with van der Waals surface area (Å²) in [4.78, 5) is 23.0. The van der Waals surface area contributed by atoms with E-state index in [-0.39, 0.29) is 10.9 Å². The second-order valence-corrected chi connectivity index (χ2v) is 9.25. The van der Waals surface area contributed by atoms with E-state index in [0.29, 0.717) is 17.5 Å². The van der Waals surface area contributed by atoms with E-state index in [1.807, 2.05) is 0 Å². The largest absolute Gasteiger partial charge is 0.741 e. The van der Waals surface area contributed by atoms with Gasteiger partial charge in [0.2, 0.25) is 0 Å². The lowest BCUT2D eigenvalue weighted by molar-refractivity contribution is -0.120. The predicted octanol–water partition coefficient (Wildman–Crippen LogP) is 1.78. The van der Waals surface area contributed by atoms with E-state index < -0.39 is 15.6 Å². The molecule has 0 spiro atoms. The van der Waals surface area contributed by atoms with E-state index in [2.05, 4.69) is 0 Å². The first kappa shape index (κ1) is 20.4. The van der Waals surface area contributed by atoms with E-state index in [0.717, 1.165) is 42.9 Å². The number of halogens is 3. The summed E-state index contributed by atoms with van der Waals surface area (Å²) in [5.74, 6) is 4.00. The van der Waals surface area contributed by atoms with Crippen molar-refractivity contribution < 1.29 is 35.7 Å². The van der Waals surface area contributed by atoms with E-state index in [4.69, 9.17) is 13.0 Å². The molecule has 1 saturated heterocycles. The highest BCUT2D eigenvalue weighted by Crippen LogP contribution is 2.26. The molecule has 0 amide bonds. The van der Waals surface area contributed by atoms with Crippen LogP contribution in [0.3, 0.4) is 0 Å². The van der Waals surface area contributed by atoms with Crippen LogP contribution in [0.4, 0.5) is 13.2 Å². The van der Waals surface area contributed by atoms with Crippen molar-refractivity contribution in [2.45, 2.75) is 44.0 Å². The molecule has 1 aliphatic carbocycles. The number of alkyl halides is 3. The summed E-state index contributed by atoms with van der Waals surface area (Å²) in [5, 5.41) is 0. The van der Waals surface area contributed by atoms with Gasteiger partial charge in [-0.3, -0.25) is 9.59 Å². The standard InChI is InChI=1S/C12H19O2S.CHF3O3S/c13-11-5-7-15(8-6-11)9-12(14)10-3-1-2-4-10;2-1(3,4)8(5,6)7/h10H,1-9H2;(H,5,6,7)/q+1;/p-1. The molecule has 0 unspecified atom stereocenters. The molecule has 2 fully saturated rings. The van der Waals surface area contributed by atoms with Crippen LogP contribution in [-0.2, 0) is 30.6 Å². The first-order chi connectivity index (χ1) is 10.5. The van der Waals surface area contributed by atoms with Gasteiger partial charge in [-0.05, 0) is 23.7 Å².